The molecule has 0 fully saturated rings. The zero-order valence-electron chi connectivity index (χ0n) is 15.7. The normalized spacial score (nSPS) is 11.7. The van der Waals surface area contributed by atoms with Crippen LogP contribution >= 0.6 is 0 Å². The van der Waals surface area contributed by atoms with Crippen molar-refractivity contribution in [3.8, 4) is 23.0 Å². The molecule has 9 heteroatoms. The van der Waals surface area contributed by atoms with Crippen LogP contribution < -0.4 is 20.5 Å². The maximum atomic E-state index is 12.6. The van der Waals surface area contributed by atoms with Gasteiger partial charge in [-0.05, 0) is 37.3 Å². The number of carbonyl (C=O) groups excluding carboxylic acids is 1. The number of hydrogen-bond donors (Lipinski definition) is 1. The second-order valence-corrected chi connectivity index (χ2v) is 5.97. The average Bonchev–Trinajstić information content (AvgIpc) is 3.08. The van der Waals surface area contributed by atoms with Crippen molar-refractivity contribution in [3.63, 3.8) is 0 Å². The third-order valence-corrected chi connectivity index (χ3v) is 4.16. The second kappa shape index (κ2) is 8.38. The van der Waals surface area contributed by atoms with Gasteiger partial charge in [-0.1, -0.05) is 11.2 Å². The minimum absolute atomic E-state index is 0.187. The molecule has 1 unspecified atom stereocenters. The molecule has 9 nitrogen and oxygen atoms in total. The van der Waals surface area contributed by atoms with Crippen molar-refractivity contribution in [1.82, 2.24) is 20.0 Å². The number of rotatable bonds is 7. The van der Waals surface area contributed by atoms with E-state index in [0.717, 1.165) is 10.1 Å². The van der Waals surface area contributed by atoms with E-state index in [0.29, 0.717) is 17.2 Å². The number of aromatic nitrogens is 3. The van der Waals surface area contributed by atoms with Crippen LogP contribution in [0.15, 0.2) is 51.9 Å². The Hall–Kier alpha value is -3.62. The van der Waals surface area contributed by atoms with Crippen LogP contribution in [0.4, 0.5) is 0 Å². The molecule has 3 rings (SSSR count). The zero-order valence-corrected chi connectivity index (χ0v) is 15.7. The summed E-state index contributed by atoms with van der Waals surface area (Å²) in [5, 5.41) is 6.57. The summed E-state index contributed by atoms with van der Waals surface area (Å²) in [5.41, 5.74) is 1.18. The molecule has 0 radical (unpaired) electrons. The highest BCUT2D eigenvalue weighted by atomic mass is 16.5. The largest absolute Gasteiger partial charge is 0.497 e. The smallest absolute Gasteiger partial charge is 0.442 e. The number of amides is 1. The number of nitrogens with zero attached hydrogens (tertiary/aromatic N) is 3. The van der Waals surface area contributed by atoms with E-state index < -0.39 is 5.76 Å². The van der Waals surface area contributed by atoms with Crippen LogP contribution in [0, 0.1) is 0 Å². The van der Waals surface area contributed by atoms with Gasteiger partial charge in [-0.25, -0.2) is 9.36 Å². The number of hydrogen-bond acceptors (Lipinski definition) is 7. The zero-order chi connectivity index (χ0) is 20.1. The van der Waals surface area contributed by atoms with Crippen molar-refractivity contribution in [1.29, 1.82) is 0 Å². The predicted molar refractivity (Wildman–Crippen MR) is 100 cm³/mol. The molecule has 2 aromatic heterocycles. The molecule has 1 atom stereocenters. The molecule has 0 saturated heterocycles. The lowest BCUT2D eigenvalue weighted by molar-refractivity contribution is -0.122. The average molecular weight is 384 g/mol. The molecule has 146 valence electrons. The number of pyridine rings is 1. The molecule has 1 amide bonds. The van der Waals surface area contributed by atoms with Gasteiger partial charge in [0.05, 0.1) is 20.3 Å². The van der Waals surface area contributed by atoms with Crippen LogP contribution in [0.25, 0.3) is 11.5 Å². The highest BCUT2D eigenvalue weighted by molar-refractivity contribution is 5.77. The van der Waals surface area contributed by atoms with Gasteiger partial charge >= 0.3 is 5.76 Å². The maximum Gasteiger partial charge on any atom is 0.442 e. The van der Waals surface area contributed by atoms with E-state index in [1.807, 2.05) is 6.92 Å². The first kappa shape index (κ1) is 19.2. The van der Waals surface area contributed by atoms with Crippen LogP contribution in [0.3, 0.4) is 0 Å². The molecule has 0 bridgehead atoms. The molecule has 0 aliphatic rings. The molecule has 28 heavy (non-hydrogen) atoms. The molecule has 0 spiro atoms. The molecular weight excluding hydrogens is 364 g/mol. The van der Waals surface area contributed by atoms with Crippen LogP contribution in [0.2, 0.25) is 0 Å². The quantitative estimate of drug-likeness (QED) is 0.661. The van der Waals surface area contributed by atoms with E-state index in [9.17, 15) is 9.59 Å². The maximum absolute atomic E-state index is 12.6. The number of nitrogens with one attached hydrogen (secondary N) is 1. The lowest BCUT2D eigenvalue weighted by Crippen LogP contribution is -2.33. The summed E-state index contributed by atoms with van der Waals surface area (Å²) in [7, 11) is 3.11. The van der Waals surface area contributed by atoms with Crippen molar-refractivity contribution < 1.29 is 18.8 Å². The topological polar surface area (TPSA) is 108 Å². The van der Waals surface area contributed by atoms with Crippen molar-refractivity contribution in [2.45, 2.75) is 19.5 Å². The summed E-state index contributed by atoms with van der Waals surface area (Å²) >= 11 is 0. The van der Waals surface area contributed by atoms with E-state index >= 15 is 0 Å². The van der Waals surface area contributed by atoms with Crippen LogP contribution in [-0.2, 0) is 11.3 Å². The molecule has 0 aliphatic heterocycles. The minimum atomic E-state index is -0.734. The highest BCUT2D eigenvalue weighted by Gasteiger charge is 2.19. The van der Waals surface area contributed by atoms with E-state index in [2.05, 4.69) is 15.5 Å². The first-order chi connectivity index (χ1) is 13.5. The van der Waals surface area contributed by atoms with Gasteiger partial charge in [-0.15, -0.1) is 0 Å². The molecule has 0 saturated carbocycles. The summed E-state index contributed by atoms with van der Waals surface area (Å²) in [6.07, 6.45) is 1.57. The Bertz CT molecular complexity index is 1010. The Kier molecular flexibility index (Phi) is 5.73. The summed E-state index contributed by atoms with van der Waals surface area (Å²) in [6, 6.07) is 10.1. The third-order valence-electron chi connectivity index (χ3n) is 4.16. The lowest BCUT2D eigenvalue weighted by Gasteiger charge is -2.18. The SMILES string of the molecule is COc1ccc(OC)c(C(C)NC(=O)Cn2c(-c3ccccn3)noc2=O)c1. The summed E-state index contributed by atoms with van der Waals surface area (Å²) in [4.78, 5) is 28.7. The number of ether oxygens (including phenoxy) is 2. The molecule has 1 aromatic carbocycles. The number of benzene rings is 1. The fourth-order valence-electron chi connectivity index (χ4n) is 2.77. The standard InChI is InChI=1S/C19H20N4O5/c1-12(14-10-13(26-2)7-8-16(14)27-3)21-17(24)11-23-18(22-28-19(23)25)15-6-4-5-9-20-15/h4-10,12H,11H2,1-3H3,(H,21,24). The molecular formula is C19H20N4O5. The van der Waals surface area contributed by atoms with E-state index in [1.165, 1.54) is 0 Å². The lowest BCUT2D eigenvalue weighted by atomic mass is 10.1. The van der Waals surface area contributed by atoms with E-state index in [4.69, 9.17) is 14.0 Å². The van der Waals surface area contributed by atoms with Gasteiger partial charge in [-0.3, -0.25) is 14.3 Å². The number of methoxy groups -OCH3 is 2. The van der Waals surface area contributed by atoms with Crippen LogP contribution in [0.1, 0.15) is 18.5 Å². The Morgan fingerprint density at radius 3 is 2.75 bits per heavy atom. The Morgan fingerprint density at radius 1 is 1.25 bits per heavy atom. The van der Waals surface area contributed by atoms with E-state index in [-0.39, 0.29) is 24.3 Å². The van der Waals surface area contributed by atoms with Gasteiger partial charge < -0.3 is 14.8 Å². The van der Waals surface area contributed by atoms with Crippen LogP contribution in [0.5, 0.6) is 11.5 Å². The van der Waals surface area contributed by atoms with Crippen molar-refractivity contribution in [2.75, 3.05) is 14.2 Å². The first-order valence-electron chi connectivity index (χ1n) is 8.52. The van der Waals surface area contributed by atoms with Crippen LogP contribution in [-0.4, -0.2) is 34.8 Å². The monoisotopic (exact) mass is 384 g/mol. The van der Waals surface area contributed by atoms with Crippen molar-refractivity contribution >= 4 is 5.91 Å². The minimum Gasteiger partial charge on any atom is -0.497 e. The predicted octanol–water partition coefficient (Wildman–Crippen LogP) is 1.79. The van der Waals surface area contributed by atoms with Gasteiger partial charge in [0, 0.05) is 11.8 Å². The van der Waals surface area contributed by atoms with Gasteiger partial charge in [0.15, 0.2) is 0 Å². The second-order valence-electron chi connectivity index (χ2n) is 5.97. The van der Waals surface area contributed by atoms with Crippen molar-refractivity contribution in [3.05, 3.63) is 58.7 Å². The Balaban J connectivity index is 1.79. The molecule has 2 heterocycles. The fourth-order valence-corrected chi connectivity index (χ4v) is 2.77. The van der Waals surface area contributed by atoms with Gasteiger partial charge in [0.25, 0.3) is 0 Å². The summed E-state index contributed by atoms with van der Waals surface area (Å²) < 4.78 is 16.4. The number of carbonyl (C=O) groups is 1. The third kappa shape index (κ3) is 4.03. The summed E-state index contributed by atoms with van der Waals surface area (Å²) in [5.74, 6) is 0.323. The van der Waals surface area contributed by atoms with Gasteiger partial charge in [0.2, 0.25) is 11.7 Å². The molecule has 3 aromatic rings. The molecule has 0 aliphatic carbocycles. The Labute approximate surface area is 160 Å². The van der Waals surface area contributed by atoms with Crippen molar-refractivity contribution in [2.24, 2.45) is 0 Å². The van der Waals surface area contributed by atoms with Gasteiger partial charge in [0.1, 0.15) is 23.7 Å². The first-order valence-corrected chi connectivity index (χ1v) is 8.52. The van der Waals surface area contributed by atoms with E-state index in [1.54, 1.807) is 56.8 Å². The highest BCUT2D eigenvalue weighted by Crippen LogP contribution is 2.29. The fraction of sp³-hybridized carbons (Fsp3) is 0.263. The van der Waals surface area contributed by atoms with Gasteiger partial charge in [-0.2, -0.15) is 0 Å². The Morgan fingerprint density at radius 2 is 2.07 bits per heavy atom. The molecule has 1 N–H and O–H groups in total. The summed E-state index contributed by atoms with van der Waals surface area (Å²) in [6.45, 7) is 1.55.